The number of aliphatic imine (C=N–C) groups is 1. The van der Waals surface area contributed by atoms with Crippen LogP contribution >= 0.6 is 0 Å². The summed E-state index contributed by atoms with van der Waals surface area (Å²) < 4.78 is 0. The van der Waals surface area contributed by atoms with Crippen molar-refractivity contribution in [2.24, 2.45) is 22.6 Å². The minimum absolute atomic E-state index is 0.285. The zero-order chi connectivity index (χ0) is 10.4. The predicted molar refractivity (Wildman–Crippen MR) is 59.9 cm³/mol. The van der Waals surface area contributed by atoms with Crippen molar-refractivity contribution >= 4 is 5.84 Å². The molecule has 0 aromatic carbocycles. The number of amidine groups is 1. The number of nitrogens with zero attached hydrogens (tertiary/aromatic N) is 1. The molecule has 0 fully saturated rings. The molecule has 0 aliphatic heterocycles. The molecule has 2 heteroatoms. The topological polar surface area (TPSA) is 38.4 Å². The predicted octanol–water partition coefficient (Wildman–Crippen LogP) is 2.60. The molecule has 0 aliphatic rings. The SMILES string of the molecule is C=CC(C)C(C)C(C)/N=C(/N)CC. The lowest BCUT2D eigenvalue weighted by molar-refractivity contribution is 0.395. The van der Waals surface area contributed by atoms with E-state index in [1.807, 2.05) is 13.0 Å². The Kier molecular flexibility index (Phi) is 5.44. The summed E-state index contributed by atoms with van der Waals surface area (Å²) in [6, 6.07) is 0.285. The third kappa shape index (κ3) is 4.11. The van der Waals surface area contributed by atoms with Crippen molar-refractivity contribution in [2.45, 2.75) is 40.2 Å². The maximum Gasteiger partial charge on any atom is 0.0937 e. The van der Waals surface area contributed by atoms with Crippen LogP contribution in [0.1, 0.15) is 34.1 Å². The fourth-order valence-electron chi connectivity index (χ4n) is 1.12. The van der Waals surface area contributed by atoms with Gasteiger partial charge in [-0.1, -0.05) is 26.8 Å². The molecular formula is C11H22N2. The summed E-state index contributed by atoms with van der Waals surface area (Å²) in [5.74, 6) is 1.74. The van der Waals surface area contributed by atoms with E-state index in [-0.39, 0.29) is 6.04 Å². The van der Waals surface area contributed by atoms with Gasteiger partial charge >= 0.3 is 0 Å². The average molecular weight is 182 g/mol. The maximum atomic E-state index is 5.68. The molecule has 0 aromatic rings. The first-order valence-corrected chi connectivity index (χ1v) is 4.97. The lowest BCUT2D eigenvalue weighted by Gasteiger charge is -2.20. The molecular weight excluding hydrogens is 160 g/mol. The van der Waals surface area contributed by atoms with E-state index in [2.05, 4.69) is 32.3 Å². The number of hydrogen-bond acceptors (Lipinski definition) is 1. The van der Waals surface area contributed by atoms with Crippen molar-refractivity contribution in [3.63, 3.8) is 0 Å². The highest BCUT2D eigenvalue weighted by atomic mass is 14.9. The van der Waals surface area contributed by atoms with Crippen LogP contribution in [0.4, 0.5) is 0 Å². The van der Waals surface area contributed by atoms with Gasteiger partial charge in [0.15, 0.2) is 0 Å². The molecule has 0 saturated heterocycles. The smallest absolute Gasteiger partial charge is 0.0937 e. The monoisotopic (exact) mass is 182 g/mol. The second-order valence-electron chi connectivity index (χ2n) is 3.67. The Labute approximate surface area is 81.9 Å². The lowest BCUT2D eigenvalue weighted by Crippen LogP contribution is -2.22. The van der Waals surface area contributed by atoms with Gasteiger partial charge in [-0.15, -0.1) is 6.58 Å². The average Bonchev–Trinajstić information content (AvgIpc) is 2.14. The van der Waals surface area contributed by atoms with Crippen LogP contribution < -0.4 is 5.73 Å². The zero-order valence-electron chi connectivity index (χ0n) is 9.25. The fraction of sp³-hybridized carbons (Fsp3) is 0.727. The molecule has 0 saturated carbocycles. The van der Waals surface area contributed by atoms with Gasteiger partial charge in [-0.3, -0.25) is 4.99 Å². The number of nitrogens with two attached hydrogens (primary N) is 1. The second-order valence-corrected chi connectivity index (χ2v) is 3.67. The van der Waals surface area contributed by atoms with Gasteiger partial charge in [0.2, 0.25) is 0 Å². The minimum Gasteiger partial charge on any atom is -0.387 e. The van der Waals surface area contributed by atoms with Crippen molar-refractivity contribution in [1.82, 2.24) is 0 Å². The summed E-state index contributed by atoms with van der Waals surface area (Å²) >= 11 is 0. The van der Waals surface area contributed by atoms with Crippen molar-refractivity contribution in [3.05, 3.63) is 12.7 Å². The molecule has 0 aliphatic carbocycles. The first-order valence-electron chi connectivity index (χ1n) is 4.97. The van der Waals surface area contributed by atoms with Crippen LogP contribution in [0, 0.1) is 11.8 Å². The van der Waals surface area contributed by atoms with Crippen LogP contribution in [0.3, 0.4) is 0 Å². The first-order chi connectivity index (χ1) is 6.02. The molecule has 2 N–H and O–H groups in total. The maximum absolute atomic E-state index is 5.68. The van der Waals surface area contributed by atoms with E-state index in [1.54, 1.807) is 0 Å². The second kappa shape index (κ2) is 5.79. The van der Waals surface area contributed by atoms with Gasteiger partial charge in [-0.2, -0.15) is 0 Å². The van der Waals surface area contributed by atoms with E-state index in [0.717, 1.165) is 12.3 Å². The Hall–Kier alpha value is -0.790. The molecule has 3 atom stereocenters. The highest BCUT2D eigenvalue weighted by Gasteiger charge is 2.15. The highest BCUT2D eigenvalue weighted by molar-refractivity contribution is 5.80. The molecule has 0 aromatic heterocycles. The molecule has 3 unspecified atom stereocenters. The molecule has 0 heterocycles. The van der Waals surface area contributed by atoms with Gasteiger partial charge in [0.05, 0.1) is 11.9 Å². The highest BCUT2D eigenvalue weighted by Crippen LogP contribution is 2.18. The molecule has 0 rings (SSSR count). The largest absolute Gasteiger partial charge is 0.387 e. The number of allylic oxidation sites excluding steroid dienone is 1. The summed E-state index contributed by atoms with van der Waals surface area (Å²) in [6.07, 6.45) is 2.80. The van der Waals surface area contributed by atoms with Gasteiger partial charge in [0.25, 0.3) is 0 Å². The van der Waals surface area contributed by atoms with Gasteiger partial charge in [0, 0.05) is 6.42 Å². The quantitative estimate of drug-likeness (QED) is 0.396. The van der Waals surface area contributed by atoms with E-state index >= 15 is 0 Å². The summed E-state index contributed by atoms with van der Waals surface area (Å²) in [7, 11) is 0. The molecule has 0 amide bonds. The Morgan fingerprint density at radius 3 is 2.38 bits per heavy atom. The summed E-state index contributed by atoms with van der Waals surface area (Å²) in [6.45, 7) is 12.3. The molecule has 13 heavy (non-hydrogen) atoms. The third-order valence-electron chi connectivity index (χ3n) is 2.69. The summed E-state index contributed by atoms with van der Waals surface area (Å²) in [5.41, 5.74) is 5.68. The Morgan fingerprint density at radius 2 is 2.00 bits per heavy atom. The fourth-order valence-corrected chi connectivity index (χ4v) is 1.12. The van der Waals surface area contributed by atoms with Crippen LogP contribution in [0.15, 0.2) is 17.6 Å². The first kappa shape index (κ1) is 12.2. The van der Waals surface area contributed by atoms with E-state index < -0.39 is 0 Å². The van der Waals surface area contributed by atoms with Gasteiger partial charge < -0.3 is 5.73 Å². The molecule has 0 bridgehead atoms. The van der Waals surface area contributed by atoms with Gasteiger partial charge in [-0.05, 0) is 18.8 Å². The van der Waals surface area contributed by atoms with Crippen LogP contribution in [-0.2, 0) is 0 Å². The minimum atomic E-state index is 0.285. The van der Waals surface area contributed by atoms with Crippen LogP contribution in [0.25, 0.3) is 0 Å². The van der Waals surface area contributed by atoms with Gasteiger partial charge in [-0.25, -0.2) is 0 Å². The van der Waals surface area contributed by atoms with E-state index in [9.17, 15) is 0 Å². The Balaban J connectivity index is 4.25. The van der Waals surface area contributed by atoms with Gasteiger partial charge in [0.1, 0.15) is 0 Å². The molecule has 0 radical (unpaired) electrons. The normalized spacial score (nSPS) is 19.2. The van der Waals surface area contributed by atoms with Crippen LogP contribution in [-0.4, -0.2) is 11.9 Å². The summed E-state index contributed by atoms with van der Waals surface area (Å²) in [5, 5.41) is 0. The standard InChI is InChI=1S/C11H22N2/c1-6-8(3)9(4)10(5)13-11(12)7-2/h6,8-10H,1,7H2,2-5H3,(H2,12,13). The molecule has 0 spiro atoms. The number of rotatable bonds is 5. The Morgan fingerprint density at radius 1 is 1.46 bits per heavy atom. The van der Waals surface area contributed by atoms with Crippen molar-refractivity contribution in [1.29, 1.82) is 0 Å². The van der Waals surface area contributed by atoms with E-state index in [4.69, 9.17) is 5.73 Å². The van der Waals surface area contributed by atoms with Crippen LogP contribution in [0.2, 0.25) is 0 Å². The molecule has 2 nitrogen and oxygen atoms in total. The van der Waals surface area contributed by atoms with E-state index in [0.29, 0.717) is 11.8 Å². The van der Waals surface area contributed by atoms with Crippen molar-refractivity contribution < 1.29 is 0 Å². The Bertz CT molecular complexity index is 185. The van der Waals surface area contributed by atoms with E-state index in [1.165, 1.54) is 0 Å². The molecule has 76 valence electrons. The van der Waals surface area contributed by atoms with Crippen molar-refractivity contribution in [2.75, 3.05) is 0 Å². The lowest BCUT2D eigenvalue weighted by atomic mass is 9.90. The third-order valence-corrected chi connectivity index (χ3v) is 2.69. The zero-order valence-corrected chi connectivity index (χ0v) is 9.25. The van der Waals surface area contributed by atoms with Crippen molar-refractivity contribution in [3.8, 4) is 0 Å². The number of hydrogen-bond donors (Lipinski definition) is 1. The summed E-state index contributed by atoms with van der Waals surface area (Å²) in [4.78, 5) is 4.41. The van der Waals surface area contributed by atoms with Crippen LogP contribution in [0.5, 0.6) is 0 Å².